The Bertz CT molecular complexity index is 1390. The third-order valence-electron chi connectivity index (χ3n) is 6.07. The maximum absolute atomic E-state index is 13.4. The van der Waals surface area contributed by atoms with Crippen LogP contribution in [0.15, 0.2) is 53.7 Å². The highest BCUT2D eigenvalue weighted by Gasteiger charge is 2.38. The van der Waals surface area contributed by atoms with Gasteiger partial charge < -0.3 is 15.2 Å². The smallest absolute Gasteiger partial charge is 0.490 e. The lowest BCUT2D eigenvalue weighted by Crippen LogP contribution is -2.48. The lowest BCUT2D eigenvalue weighted by atomic mass is 9.94. The van der Waals surface area contributed by atoms with Gasteiger partial charge in [0.2, 0.25) is 5.13 Å². The molecule has 0 saturated carbocycles. The van der Waals surface area contributed by atoms with Crippen molar-refractivity contribution in [3.8, 4) is 5.75 Å². The number of nitrogens with one attached hydrogen (secondary N) is 2. The Labute approximate surface area is 224 Å². The number of piperazine rings is 1. The van der Waals surface area contributed by atoms with Gasteiger partial charge in [-0.3, -0.25) is 9.62 Å². The second-order valence-electron chi connectivity index (χ2n) is 8.52. The summed E-state index contributed by atoms with van der Waals surface area (Å²) in [4.78, 5) is 15.3. The molecular weight excluding hydrogens is 566 g/mol. The fraction of sp³-hybridized carbons (Fsp3) is 0.348. The molecule has 2 atom stereocenters. The number of aliphatic carboxylic acids is 1. The molecule has 2 aromatic carbocycles. The van der Waals surface area contributed by atoms with E-state index >= 15 is 0 Å². The van der Waals surface area contributed by atoms with E-state index in [2.05, 4.69) is 24.3 Å². The monoisotopic (exact) mass is 589 g/mol. The highest BCUT2D eigenvalue weighted by atomic mass is 32.2. The molecule has 0 spiro atoms. The van der Waals surface area contributed by atoms with E-state index < -0.39 is 22.2 Å². The molecular formula is C23H23F4N5O5S2. The molecule has 2 aliphatic rings. The fourth-order valence-electron chi connectivity index (χ4n) is 4.34. The predicted molar refractivity (Wildman–Crippen MR) is 132 cm³/mol. The Hall–Kier alpha value is -3.34. The number of aromatic nitrogens is 2. The second kappa shape index (κ2) is 11.8. The van der Waals surface area contributed by atoms with Gasteiger partial charge in [-0.25, -0.2) is 22.6 Å². The zero-order valence-corrected chi connectivity index (χ0v) is 21.7. The van der Waals surface area contributed by atoms with Crippen LogP contribution in [0.5, 0.6) is 5.75 Å². The summed E-state index contributed by atoms with van der Waals surface area (Å²) in [5, 5.41) is 10.8. The van der Waals surface area contributed by atoms with E-state index in [0.717, 1.165) is 48.7 Å². The SMILES string of the molecule is O=C(O)C(F)(F)F.O=S(=O)(Nc1ncns1)c1ccc2c(c1)OCC[C@@H]2N1CCNC[C@H]1c1ccc(F)cc1. The minimum atomic E-state index is -5.08. The summed E-state index contributed by atoms with van der Waals surface area (Å²) >= 11 is 0.973. The number of sulfonamides is 1. The summed E-state index contributed by atoms with van der Waals surface area (Å²) in [6, 6.07) is 11.8. The minimum Gasteiger partial charge on any atom is -0.493 e. The van der Waals surface area contributed by atoms with Gasteiger partial charge in [-0.15, -0.1) is 0 Å². The van der Waals surface area contributed by atoms with E-state index in [1.54, 1.807) is 12.1 Å². The van der Waals surface area contributed by atoms with E-state index in [0.29, 0.717) is 12.4 Å². The second-order valence-corrected chi connectivity index (χ2v) is 11.0. The van der Waals surface area contributed by atoms with Crippen LogP contribution in [0.1, 0.15) is 29.6 Å². The first-order valence-electron chi connectivity index (χ1n) is 11.5. The first-order valence-corrected chi connectivity index (χ1v) is 13.8. The van der Waals surface area contributed by atoms with Gasteiger partial charge in [0.1, 0.15) is 17.9 Å². The Morgan fingerprint density at radius 1 is 1.18 bits per heavy atom. The predicted octanol–water partition coefficient (Wildman–Crippen LogP) is 3.58. The molecule has 0 aliphatic carbocycles. The van der Waals surface area contributed by atoms with Gasteiger partial charge in [0.25, 0.3) is 10.0 Å². The van der Waals surface area contributed by atoms with Gasteiger partial charge in [0, 0.05) is 61.3 Å². The van der Waals surface area contributed by atoms with E-state index in [9.17, 15) is 26.0 Å². The van der Waals surface area contributed by atoms with Gasteiger partial charge >= 0.3 is 12.1 Å². The first-order chi connectivity index (χ1) is 18.5. The largest absolute Gasteiger partial charge is 0.493 e. The molecule has 1 saturated heterocycles. The fourth-order valence-corrected chi connectivity index (χ4v) is 6.02. The van der Waals surface area contributed by atoms with Crippen LogP contribution in [0.25, 0.3) is 0 Å². The van der Waals surface area contributed by atoms with Gasteiger partial charge in [-0.05, 0) is 23.8 Å². The van der Waals surface area contributed by atoms with Gasteiger partial charge in [-0.1, -0.05) is 18.2 Å². The zero-order valence-electron chi connectivity index (χ0n) is 20.1. The quantitative estimate of drug-likeness (QED) is 0.382. The number of benzene rings is 2. The van der Waals surface area contributed by atoms with Crippen LogP contribution in [-0.4, -0.2) is 66.2 Å². The Kier molecular flexibility index (Phi) is 8.68. The molecule has 3 aromatic rings. The maximum atomic E-state index is 13.4. The average Bonchev–Trinajstić information content (AvgIpc) is 3.41. The lowest BCUT2D eigenvalue weighted by Gasteiger charge is -2.43. The molecule has 0 radical (unpaired) electrons. The number of carbonyl (C=O) groups is 1. The normalized spacial score (nSPS) is 19.7. The van der Waals surface area contributed by atoms with Crippen molar-refractivity contribution in [2.45, 2.75) is 29.6 Å². The van der Waals surface area contributed by atoms with Crippen molar-refractivity contribution in [1.82, 2.24) is 19.6 Å². The van der Waals surface area contributed by atoms with E-state index in [1.807, 2.05) is 18.2 Å². The van der Waals surface area contributed by atoms with Crippen molar-refractivity contribution < 1.29 is 40.6 Å². The molecule has 2 aliphatic heterocycles. The van der Waals surface area contributed by atoms with Crippen molar-refractivity contribution in [1.29, 1.82) is 0 Å². The number of hydrogen-bond acceptors (Lipinski definition) is 9. The summed E-state index contributed by atoms with van der Waals surface area (Å²) in [6.45, 7) is 2.93. The van der Waals surface area contributed by atoms with Crippen molar-refractivity contribution in [2.24, 2.45) is 0 Å². The molecule has 0 bridgehead atoms. The van der Waals surface area contributed by atoms with Crippen LogP contribution in [-0.2, 0) is 14.8 Å². The van der Waals surface area contributed by atoms with Crippen molar-refractivity contribution in [3.05, 3.63) is 65.7 Å². The van der Waals surface area contributed by atoms with Crippen LogP contribution >= 0.6 is 11.5 Å². The standard InChI is InChI=1S/C21H22FN5O3S2.C2HF3O2/c22-15-3-1-14(2-4-15)19-12-23-8-9-27(19)18-7-10-30-20-11-16(5-6-17(18)20)32(28,29)26-21-24-13-25-31-21;3-2(4,5)1(6)7/h1-6,11,13,18-19,23H,7-10,12H2,(H,24,25,26);(H,6,7)/t18-,19-;/m0./s1. The summed E-state index contributed by atoms with van der Waals surface area (Å²) in [7, 11) is -3.80. The van der Waals surface area contributed by atoms with E-state index in [-0.39, 0.29) is 27.9 Å². The van der Waals surface area contributed by atoms with E-state index in [1.165, 1.54) is 18.5 Å². The number of ether oxygens (including phenoxy) is 1. The molecule has 3 N–H and O–H groups in total. The first kappa shape index (κ1) is 28.7. The number of nitrogens with zero attached hydrogens (tertiary/aromatic N) is 3. The number of rotatable bonds is 5. The van der Waals surface area contributed by atoms with Crippen molar-refractivity contribution >= 4 is 32.7 Å². The Morgan fingerprint density at radius 3 is 2.54 bits per heavy atom. The van der Waals surface area contributed by atoms with Crippen LogP contribution in [0.2, 0.25) is 0 Å². The number of carboxylic acids is 1. The maximum Gasteiger partial charge on any atom is 0.490 e. The third kappa shape index (κ3) is 7.00. The highest BCUT2D eigenvalue weighted by molar-refractivity contribution is 7.93. The number of halogens is 4. The number of alkyl halides is 3. The molecule has 5 rings (SSSR count). The molecule has 1 aromatic heterocycles. The molecule has 0 amide bonds. The van der Waals surface area contributed by atoms with Gasteiger partial charge in [0.15, 0.2) is 0 Å². The molecule has 16 heteroatoms. The van der Waals surface area contributed by atoms with Gasteiger partial charge in [0.05, 0.1) is 11.5 Å². The molecule has 210 valence electrons. The van der Waals surface area contributed by atoms with E-state index in [4.69, 9.17) is 14.6 Å². The number of anilines is 1. The summed E-state index contributed by atoms with van der Waals surface area (Å²) in [5.74, 6) is -2.44. The molecule has 0 unspecified atom stereocenters. The summed E-state index contributed by atoms with van der Waals surface area (Å²) in [6.07, 6.45) is -2.99. The number of fused-ring (bicyclic) bond motifs is 1. The number of hydrogen-bond donors (Lipinski definition) is 3. The molecule has 39 heavy (non-hydrogen) atoms. The van der Waals surface area contributed by atoms with Crippen molar-refractivity contribution in [3.63, 3.8) is 0 Å². The van der Waals surface area contributed by atoms with Gasteiger partial charge in [-0.2, -0.15) is 17.5 Å². The van der Waals surface area contributed by atoms with Crippen LogP contribution in [0, 0.1) is 5.82 Å². The molecule has 1 fully saturated rings. The van der Waals surface area contributed by atoms with Crippen molar-refractivity contribution in [2.75, 3.05) is 31.0 Å². The average molecular weight is 590 g/mol. The number of carboxylic acid groups (broad SMARTS) is 1. The minimum absolute atomic E-state index is 0.0729. The molecule has 3 heterocycles. The molecule has 10 nitrogen and oxygen atoms in total. The summed E-state index contributed by atoms with van der Waals surface area (Å²) in [5.41, 5.74) is 2.01. The zero-order chi connectivity index (χ0) is 28.2. The summed E-state index contributed by atoms with van der Waals surface area (Å²) < 4.78 is 82.8. The van der Waals surface area contributed by atoms with Crippen LogP contribution in [0.3, 0.4) is 0 Å². The highest BCUT2D eigenvalue weighted by Crippen LogP contribution is 2.41. The Morgan fingerprint density at radius 2 is 1.90 bits per heavy atom. The topological polar surface area (TPSA) is 134 Å². The van der Waals surface area contributed by atoms with Crippen LogP contribution < -0.4 is 14.8 Å². The Balaban J connectivity index is 0.000000448. The third-order valence-corrected chi connectivity index (χ3v) is 8.11. The lowest BCUT2D eigenvalue weighted by molar-refractivity contribution is -0.192. The van der Waals surface area contributed by atoms with Crippen LogP contribution in [0.4, 0.5) is 22.7 Å².